The second kappa shape index (κ2) is 7.91. The van der Waals surface area contributed by atoms with Crippen LogP contribution in [0.1, 0.15) is 11.1 Å². The molecule has 2 aromatic carbocycles. The van der Waals surface area contributed by atoms with Gasteiger partial charge in [-0.05, 0) is 61.0 Å². The lowest BCUT2D eigenvalue weighted by Gasteiger charge is -2.13. The molecule has 1 N–H and O–H groups in total. The van der Waals surface area contributed by atoms with Crippen molar-refractivity contribution >= 4 is 35.0 Å². The summed E-state index contributed by atoms with van der Waals surface area (Å²) in [6.45, 7) is 3.65. The number of nitrogens with zero attached hydrogens (tertiary/aromatic N) is 1. The standard InChI is InChI=1S/C17H15ClN2O2S/c1-11-7-13(23-10-19)8-12(2)17(11)20-16(21)9-22-15-6-4-3-5-14(15)18/h3-8H,9H2,1-2H3,(H,20,21). The Hall–Kier alpha value is -2.16. The summed E-state index contributed by atoms with van der Waals surface area (Å²) >= 11 is 7.07. The molecule has 0 aliphatic carbocycles. The number of aryl methyl sites for hydroxylation is 2. The number of thiocyanates is 1. The highest BCUT2D eigenvalue weighted by molar-refractivity contribution is 8.03. The van der Waals surface area contributed by atoms with Gasteiger partial charge in [-0.1, -0.05) is 23.7 Å². The lowest BCUT2D eigenvalue weighted by Crippen LogP contribution is -2.21. The number of nitriles is 1. The average molecular weight is 347 g/mol. The normalized spacial score (nSPS) is 10.0. The van der Waals surface area contributed by atoms with Crippen LogP contribution in [-0.4, -0.2) is 12.5 Å². The molecule has 0 aromatic heterocycles. The first-order chi connectivity index (χ1) is 11.0. The van der Waals surface area contributed by atoms with Crippen molar-refractivity contribution in [1.82, 2.24) is 0 Å². The Bertz CT molecular complexity index is 748. The van der Waals surface area contributed by atoms with Gasteiger partial charge in [0.2, 0.25) is 0 Å². The maximum absolute atomic E-state index is 12.1. The minimum absolute atomic E-state index is 0.128. The van der Waals surface area contributed by atoms with E-state index < -0.39 is 0 Å². The summed E-state index contributed by atoms with van der Waals surface area (Å²) in [5.41, 5.74) is 2.53. The molecule has 4 nitrogen and oxygen atoms in total. The Labute approximate surface area is 144 Å². The Morgan fingerprint density at radius 3 is 2.57 bits per heavy atom. The highest BCUT2D eigenvalue weighted by Gasteiger charge is 2.11. The predicted octanol–water partition coefficient (Wildman–Crippen LogP) is 4.55. The molecule has 0 unspecified atom stereocenters. The Balaban J connectivity index is 2.03. The van der Waals surface area contributed by atoms with Gasteiger partial charge in [0.05, 0.1) is 5.02 Å². The zero-order valence-electron chi connectivity index (χ0n) is 12.7. The number of hydrogen-bond donors (Lipinski definition) is 1. The zero-order chi connectivity index (χ0) is 16.8. The second-order valence-corrected chi connectivity index (χ2v) is 6.16. The molecule has 0 saturated heterocycles. The van der Waals surface area contributed by atoms with E-state index in [-0.39, 0.29) is 12.5 Å². The van der Waals surface area contributed by atoms with Crippen LogP contribution in [0, 0.1) is 24.5 Å². The van der Waals surface area contributed by atoms with Crippen molar-refractivity contribution < 1.29 is 9.53 Å². The van der Waals surface area contributed by atoms with E-state index in [1.165, 1.54) is 0 Å². The zero-order valence-corrected chi connectivity index (χ0v) is 14.3. The van der Waals surface area contributed by atoms with Crippen LogP contribution >= 0.6 is 23.4 Å². The van der Waals surface area contributed by atoms with E-state index in [0.717, 1.165) is 33.5 Å². The summed E-state index contributed by atoms with van der Waals surface area (Å²) < 4.78 is 5.42. The molecule has 0 radical (unpaired) electrons. The van der Waals surface area contributed by atoms with Crippen molar-refractivity contribution in [3.63, 3.8) is 0 Å². The fourth-order valence-corrected chi connectivity index (χ4v) is 2.88. The van der Waals surface area contributed by atoms with E-state index in [1.807, 2.05) is 31.4 Å². The van der Waals surface area contributed by atoms with Gasteiger partial charge in [0.25, 0.3) is 5.91 Å². The third-order valence-electron chi connectivity index (χ3n) is 3.13. The number of ether oxygens (including phenoxy) is 1. The van der Waals surface area contributed by atoms with E-state index in [0.29, 0.717) is 10.8 Å². The molecule has 0 heterocycles. The molecule has 0 bridgehead atoms. The first-order valence-electron chi connectivity index (χ1n) is 6.85. The first-order valence-corrected chi connectivity index (χ1v) is 8.05. The highest BCUT2D eigenvalue weighted by atomic mass is 35.5. The predicted molar refractivity (Wildman–Crippen MR) is 93.0 cm³/mol. The number of thioether (sulfide) groups is 1. The van der Waals surface area contributed by atoms with Gasteiger partial charge in [0.1, 0.15) is 11.2 Å². The molecule has 2 aromatic rings. The van der Waals surface area contributed by atoms with E-state index in [4.69, 9.17) is 21.6 Å². The van der Waals surface area contributed by atoms with Crippen LogP contribution in [0.4, 0.5) is 5.69 Å². The third-order valence-corrected chi connectivity index (χ3v) is 4.00. The molecule has 23 heavy (non-hydrogen) atoms. The number of halogens is 1. The Kier molecular flexibility index (Phi) is 5.91. The number of hydrogen-bond acceptors (Lipinski definition) is 4. The van der Waals surface area contributed by atoms with Gasteiger partial charge in [-0.15, -0.1) is 0 Å². The molecule has 0 aliphatic rings. The number of anilines is 1. The first kappa shape index (κ1) is 17.2. The maximum Gasteiger partial charge on any atom is 0.262 e. The quantitative estimate of drug-likeness (QED) is 0.637. The molecule has 2 rings (SSSR count). The topological polar surface area (TPSA) is 62.1 Å². The van der Waals surface area contributed by atoms with E-state index >= 15 is 0 Å². The summed E-state index contributed by atoms with van der Waals surface area (Å²) in [6, 6.07) is 10.7. The van der Waals surface area contributed by atoms with Crippen LogP contribution in [0.15, 0.2) is 41.3 Å². The van der Waals surface area contributed by atoms with Crippen LogP contribution < -0.4 is 10.1 Å². The number of nitrogens with one attached hydrogen (secondary N) is 1. The van der Waals surface area contributed by atoms with Gasteiger partial charge in [0, 0.05) is 10.6 Å². The van der Waals surface area contributed by atoms with E-state index in [9.17, 15) is 4.79 Å². The molecule has 1 amide bonds. The molecule has 118 valence electrons. The molecule has 0 spiro atoms. The number of carbonyl (C=O) groups is 1. The van der Waals surface area contributed by atoms with Crippen molar-refractivity contribution in [3.05, 3.63) is 52.5 Å². The largest absolute Gasteiger partial charge is 0.482 e. The van der Waals surface area contributed by atoms with Crippen LogP contribution in [0.3, 0.4) is 0 Å². The molecule has 0 fully saturated rings. The van der Waals surface area contributed by atoms with Gasteiger partial charge >= 0.3 is 0 Å². The fourth-order valence-electron chi connectivity index (χ4n) is 2.11. The van der Waals surface area contributed by atoms with Crippen molar-refractivity contribution in [2.75, 3.05) is 11.9 Å². The summed E-state index contributed by atoms with van der Waals surface area (Å²) in [5, 5.41) is 14.1. The molecule has 0 saturated carbocycles. The van der Waals surface area contributed by atoms with Crippen molar-refractivity contribution in [3.8, 4) is 11.2 Å². The molecule has 0 atom stereocenters. The van der Waals surface area contributed by atoms with Gasteiger partial charge in [-0.25, -0.2) is 0 Å². The second-order valence-electron chi connectivity index (χ2n) is 4.89. The lowest BCUT2D eigenvalue weighted by molar-refractivity contribution is -0.118. The van der Waals surface area contributed by atoms with E-state index in [2.05, 4.69) is 5.32 Å². The van der Waals surface area contributed by atoms with Crippen LogP contribution in [0.2, 0.25) is 5.02 Å². The minimum Gasteiger partial charge on any atom is -0.482 e. The number of benzene rings is 2. The summed E-state index contributed by atoms with van der Waals surface area (Å²) in [6.07, 6.45) is 0. The number of rotatable bonds is 5. The number of carbonyl (C=O) groups excluding carboxylic acids is 1. The van der Waals surface area contributed by atoms with Gasteiger partial charge < -0.3 is 10.1 Å². The minimum atomic E-state index is -0.267. The van der Waals surface area contributed by atoms with Crippen molar-refractivity contribution in [2.24, 2.45) is 0 Å². The van der Waals surface area contributed by atoms with Crippen LogP contribution in [0.5, 0.6) is 5.75 Å². The molecular weight excluding hydrogens is 332 g/mol. The van der Waals surface area contributed by atoms with Gasteiger partial charge in [-0.2, -0.15) is 5.26 Å². The highest BCUT2D eigenvalue weighted by Crippen LogP contribution is 2.28. The van der Waals surface area contributed by atoms with Crippen molar-refractivity contribution in [2.45, 2.75) is 18.7 Å². The van der Waals surface area contributed by atoms with Gasteiger partial charge in [0.15, 0.2) is 6.61 Å². The SMILES string of the molecule is Cc1cc(SC#N)cc(C)c1NC(=O)COc1ccccc1Cl. The monoisotopic (exact) mass is 346 g/mol. The van der Waals surface area contributed by atoms with Crippen LogP contribution in [-0.2, 0) is 4.79 Å². The molecule has 0 aliphatic heterocycles. The summed E-state index contributed by atoms with van der Waals surface area (Å²) in [7, 11) is 0. The Morgan fingerprint density at radius 2 is 1.96 bits per heavy atom. The summed E-state index contributed by atoms with van der Waals surface area (Å²) in [5.74, 6) is 0.204. The Morgan fingerprint density at radius 1 is 1.30 bits per heavy atom. The maximum atomic E-state index is 12.1. The number of amides is 1. The van der Waals surface area contributed by atoms with E-state index in [1.54, 1.807) is 24.3 Å². The summed E-state index contributed by atoms with van der Waals surface area (Å²) in [4.78, 5) is 12.9. The van der Waals surface area contributed by atoms with Gasteiger partial charge in [-0.3, -0.25) is 4.79 Å². The molecule has 6 heteroatoms. The van der Waals surface area contributed by atoms with Crippen molar-refractivity contribution in [1.29, 1.82) is 5.26 Å². The van der Waals surface area contributed by atoms with Crippen LogP contribution in [0.25, 0.3) is 0 Å². The fraction of sp³-hybridized carbons (Fsp3) is 0.176. The lowest BCUT2D eigenvalue weighted by atomic mass is 10.1. The molecular formula is C17H15ClN2O2S. The average Bonchev–Trinajstić information content (AvgIpc) is 2.50. The number of para-hydroxylation sites is 1. The smallest absolute Gasteiger partial charge is 0.262 e. The third kappa shape index (κ3) is 4.65.